The Kier molecular flexibility index (Phi) is 15.3. The fourth-order valence-corrected chi connectivity index (χ4v) is 3.19. The molecule has 0 spiro atoms. The van der Waals surface area contributed by atoms with Gasteiger partial charge in [-0.25, -0.2) is 12.1 Å². The van der Waals surface area contributed by atoms with Crippen LogP contribution in [0, 0.1) is 0 Å². The largest absolute Gasteiger partial charge is 4.00 e. The predicted molar refractivity (Wildman–Crippen MR) is 94.5 cm³/mol. The number of aryl methyl sites for hydroxylation is 1. The molecule has 0 aliphatic carbocycles. The van der Waals surface area contributed by atoms with E-state index in [0.717, 1.165) is 0 Å². The van der Waals surface area contributed by atoms with Gasteiger partial charge in [-0.2, -0.15) is 11.6 Å². The van der Waals surface area contributed by atoms with Gasteiger partial charge in [0.1, 0.15) is 0 Å². The summed E-state index contributed by atoms with van der Waals surface area (Å²) in [6.07, 6.45) is 3.67. The van der Waals surface area contributed by atoms with Gasteiger partial charge in [-0.1, -0.05) is 86.8 Å². The zero-order valence-corrected chi connectivity index (χ0v) is 18.7. The second kappa shape index (κ2) is 14.4. The van der Waals surface area contributed by atoms with Crippen molar-refractivity contribution in [3.63, 3.8) is 0 Å². The molecule has 3 rings (SSSR count). The van der Waals surface area contributed by atoms with Gasteiger partial charge >= 0.3 is 21.7 Å². The Morgan fingerprint density at radius 3 is 1.69 bits per heavy atom. The van der Waals surface area contributed by atoms with E-state index < -0.39 is 0 Å². The number of halogens is 3. The van der Waals surface area contributed by atoms with Crippen LogP contribution in [0.1, 0.15) is 47.9 Å². The summed E-state index contributed by atoms with van der Waals surface area (Å²) in [4.78, 5) is 0. The molecule has 0 aliphatic rings. The third-order valence-electron chi connectivity index (χ3n) is 4.32. The van der Waals surface area contributed by atoms with E-state index >= 15 is 0 Å². The van der Waals surface area contributed by atoms with Gasteiger partial charge in [-0.15, -0.1) is 5.56 Å². The van der Waals surface area contributed by atoms with Crippen molar-refractivity contribution in [2.45, 2.75) is 32.1 Å². The summed E-state index contributed by atoms with van der Waals surface area (Å²) in [5.74, 6) is 0.337. The molecule has 0 fully saturated rings. The van der Waals surface area contributed by atoms with E-state index in [2.05, 4.69) is 85.8 Å². The molecule has 0 bridgehead atoms. The Bertz CT molecular complexity index is 656. The van der Waals surface area contributed by atoms with E-state index in [0.29, 0.717) is 5.92 Å². The van der Waals surface area contributed by atoms with E-state index in [1.807, 2.05) is 0 Å². The number of rotatable bonds is 6. The minimum Gasteiger partial charge on any atom is -1.00 e. The van der Waals surface area contributed by atoms with E-state index in [1.54, 1.807) is 0 Å². The second-order valence-electron chi connectivity index (χ2n) is 5.86. The molecular formula is C22H23Cl3Ti. The molecule has 0 atom stereocenters. The summed E-state index contributed by atoms with van der Waals surface area (Å²) in [5.41, 5.74) is 5.71. The van der Waals surface area contributed by atoms with Crippen molar-refractivity contribution in [1.82, 2.24) is 0 Å². The molecule has 0 heterocycles. The summed E-state index contributed by atoms with van der Waals surface area (Å²) >= 11 is 0. The van der Waals surface area contributed by atoms with E-state index in [-0.39, 0.29) is 58.9 Å². The average molecular weight is 442 g/mol. The van der Waals surface area contributed by atoms with Crippen molar-refractivity contribution < 1.29 is 58.9 Å². The zero-order chi connectivity index (χ0) is 15.2. The molecule has 0 radical (unpaired) electrons. The van der Waals surface area contributed by atoms with Crippen LogP contribution in [0.3, 0.4) is 0 Å². The minimum absolute atomic E-state index is 0. The van der Waals surface area contributed by atoms with Crippen molar-refractivity contribution in [1.29, 1.82) is 0 Å². The number of benzene rings is 2. The Hall–Kier alpha value is -0.626. The molecule has 0 N–H and O–H groups in total. The molecule has 0 unspecified atom stereocenters. The molecule has 4 heteroatoms. The van der Waals surface area contributed by atoms with Crippen LogP contribution in [-0.2, 0) is 28.1 Å². The van der Waals surface area contributed by atoms with E-state index in [4.69, 9.17) is 0 Å². The van der Waals surface area contributed by atoms with Gasteiger partial charge in [0, 0.05) is 0 Å². The van der Waals surface area contributed by atoms with E-state index in [1.165, 1.54) is 41.5 Å². The third kappa shape index (κ3) is 6.84. The fourth-order valence-electron chi connectivity index (χ4n) is 3.19. The molecule has 0 amide bonds. The topological polar surface area (TPSA) is 0 Å². The molecule has 0 aliphatic heterocycles. The molecule has 0 aromatic heterocycles. The summed E-state index contributed by atoms with van der Waals surface area (Å²) in [6.45, 7) is 2.26. The van der Waals surface area contributed by atoms with Gasteiger partial charge in [-0.3, -0.25) is 0 Å². The van der Waals surface area contributed by atoms with Crippen LogP contribution in [-0.4, -0.2) is 0 Å². The molecule has 136 valence electrons. The van der Waals surface area contributed by atoms with Crippen molar-refractivity contribution in [3.8, 4) is 0 Å². The van der Waals surface area contributed by atoms with Crippen LogP contribution in [0.15, 0.2) is 78.9 Å². The quantitative estimate of drug-likeness (QED) is 0.282. The maximum atomic E-state index is 2.30. The molecule has 0 nitrogen and oxygen atoms in total. The summed E-state index contributed by atoms with van der Waals surface area (Å²) < 4.78 is 0. The zero-order valence-electron chi connectivity index (χ0n) is 14.8. The molecule has 3 aromatic rings. The standard InChI is InChI=1S/C22H23.3ClH.Ti/c1-2-3-11-18-16-10-17-21(18)22(19-12-6-4-7-13-19)20-14-8-5-9-15-20;;;;/h4-10,12-17,22H,2-3,11H2,1H3;3*1H;/q-1;;;;+4/p-3. The van der Waals surface area contributed by atoms with Crippen molar-refractivity contribution >= 4 is 0 Å². The van der Waals surface area contributed by atoms with Crippen LogP contribution < -0.4 is 37.2 Å². The second-order valence-corrected chi connectivity index (χ2v) is 5.86. The number of hydrogen-bond acceptors (Lipinski definition) is 0. The minimum atomic E-state index is 0. The van der Waals surface area contributed by atoms with Gasteiger partial charge in [-0.05, 0) is 17.0 Å². The van der Waals surface area contributed by atoms with Crippen LogP contribution in [0.25, 0.3) is 0 Å². The van der Waals surface area contributed by atoms with Gasteiger partial charge in [0.25, 0.3) is 0 Å². The number of unbranched alkanes of at least 4 members (excludes halogenated alkanes) is 1. The summed E-state index contributed by atoms with van der Waals surface area (Å²) in [7, 11) is 0. The van der Waals surface area contributed by atoms with Crippen LogP contribution in [0.2, 0.25) is 0 Å². The van der Waals surface area contributed by atoms with Crippen LogP contribution in [0.4, 0.5) is 0 Å². The van der Waals surface area contributed by atoms with Gasteiger partial charge in [0.15, 0.2) is 0 Å². The maximum Gasteiger partial charge on any atom is 4.00 e. The van der Waals surface area contributed by atoms with Gasteiger partial charge < -0.3 is 37.2 Å². The monoisotopic (exact) mass is 440 g/mol. The Morgan fingerprint density at radius 2 is 1.23 bits per heavy atom. The fraction of sp³-hybridized carbons (Fsp3) is 0.227. The van der Waals surface area contributed by atoms with Crippen molar-refractivity contribution in [2.24, 2.45) is 0 Å². The Balaban J connectivity index is 0. The summed E-state index contributed by atoms with van der Waals surface area (Å²) in [6, 6.07) is 28.5. The Morgan fingerprint density at radius 1 is 0.731 bits per heavy atom. The molecular weight excluding hydrogens is 418 g/mol. The maximum absolute atomic E-state index is 2.30. The van der Waals surface area contributed by atoms with E-state index in [9.17, 15) is 0 Å². The normalized spacial score (nSPS) is 9.31. The molecule has 3 aromatic carbocycles. The molecule has 26 heavy (non-hydrogen) atoms. The third-order valence-corrected chi connectivity index (χ3v) is 4.32. The van der Waals surface area contributed by atoms with Crippen LogP contribution >= 0.6 is 0 Å². The average Bonchev–Trinajstić information content (AvgIpc) is 3.03. The van der Waals surface area contributed by atoms with Crippen LogP contribution in [0.5, 0.6) is 0 Å². The first-order chi connectivity index (χ1) is 10.9. The predicted octanol–water partition coefficient (Wildman–Crippen LogP) is -3.06. The molecule has 0 saturated carbocycles. The van der Waals surface area contributed by atoms with Gasteiger partial charge in [0.05, 0.1) is 0 Å². The first-order valence-electron chi connectivity index (χ1n) is 8.24. The van der Waals surface area contributed by atoms with Gasteiger partial charge in [0.2, 0.25) is 0 Å². The van der Waals surface area contributed by atoms with Crippen molar-refractivity contribution in [2.75, 3.05) is 0 Å². The Labute approximate surface area is 191 Å². The van der Waals surface area contributed by atoms with Crippen molar-refractivity contribution in [3.05, 3.63) is 101 Å². The first-order valence-corrected chi connectivity index (χ1v) is 8.24. The number of hydrogen-bond donors (Lipinski definition) is 0. The molecule has 0 saturated heterocycles. The SMILES string of the molecule is CCCCc1ccc[c-]1C(c1ccccc1)c1ccccc1.[Cl-].[Cl-].[Cl-].[Ti+4]. The first kappa shape index (κ1) is 27.6. The summed E-state index contributed by atoms with van der Waals surface area (Å²) in [5, 5.41) is 0. The smallest absolute Gasteiger partial charge is 1.00 e.